The van der Waals surface area contributed by atoms with Crippen LogP contribution in [-0.2, 0) is 6.54 Å². The maximum Gasteiger partial charge on any atom is 0.401 e. The molecule has 0 saturated carbocycles. The van der Waals surface area contributed by atoms with Crippen LogP contribution in [0.25, 0.3) is 0 Å². The van der Waals surface area contributed by atoms with Gasteiger partial charge < -0.3 is 5.32 Å². The number of nitrogens with zero attached hydrogens (tertiary/aromatic N) is 3. The van der Waals surface area contributed by atoms with Gasteiger partial charge >= 0.3 is 6.18 Å². The van der Waals surface area contributed by atoms with E-state index in [1.54, 1.807) is 13.1 Å². The van der Waals surface area contributed by atoms with Crippen molar-refractivity contribution in [3.05, 3.63) is 18.1 Å². The van der Waals surface area contributed by atoms with E-state index < -0.39 is 12.7 Å². The van der Waals surface area contributed by atoms with Crippen LogP contribution in [0.5, 0.6) is 0 Å². The number of rotatable bonds is 7. The summed E-state index contributed by atoms with van der Waals surface area (Å²) >= 11 is 0. The summed E-state index contributed by atoms with van der Waals surface area (Å²) in [5, 5.41) is 3.06. The van der Waals surface area contributed by atoms with E-state index in [9.17, 15) is 13.2 Å². The van der Waals surface area contributed by atoms with E-state index in [1.807, 2.05) is 6.92 Å². The van der Waals surface area contributed by atoms with E-state index in [-0.39, 0.29) is 6.54 Å². The zero-order valence-corrected chi connectivity index (χ0v) is 11.2. The molecule has 1 aromatic heterocycles. The van der Waals surface area contributed by atoms with E-state index in [2.05, 4.69) is 15.3 Å². The highest BCUT2D eigenvalue weighted by Gasteiger charge is 2.30. The second-order valence-electron chi connectivity index (χ2n) is 4.24. The van der Waals surface area contributed by atoms with Crippen molar-refractivity contribution in [1.82, 2.24) is 14.9 Å². The normalized spacial score (nSPS) is 11.9. The summed E-state index contributed by atoms with van der Waals surface area (Å²) in [7, 11) is 0. The Morgan fingerprint density at radius 1 is 1.21 bits per heavy atom. The van der Waals surface area contributed by atoms with Crippen LogP contribution in [0.4, 0.5) is 19.0 Å². The quantitative estimate of drug-likeness (QED) is 0.831. The van der Waals surface area contributed by atoms with E-state index in [0.29, 0.717) is 18.1 Å². The van der Waals surface area contributed by atoms with Crippen molar-refractivity contribution in [2.24, 2.45) is 0 Å². The molecule has 0 aliphatic heterocycles. The molecule has 4 nitrogen and oxygen atoms in total. The molecule has 0 aromatic carbocycles. The summed E-state index contributed by atoms with van der Waals surface area (Å²) in [6.45, 7) is 4.06. The lowest BCUT2D eigenvalue weighted by molar-refractivity contribution is -0.146. The molecular formula is C12H19F3N4. The predicted octanol–water partition coefficient (Wildman–Crippen LogP) is 2.68. The fourth-order valence-corrected chi connectivity index (χ4v) is 1.54. The van der Waals surface area contributed by atoms with Crippen LogP contribution in [0.1, 0.15) is 26.0 Å². The molecular weight excluding hydrogens is 257 g/mol. The number of hydrogen-bond donors (Lipinski definition) is 1. The van der Waals surface area contributed by atoms with Crippen molar-refractivity contribution >= 4 is 5.82 Å². The number of alkyl halides is 3. The molecule has 7 heteroatoms. The molecule has 0 fully saturated rings. The monoisotopic (exact) mass is 276 g/mol. The lowest BCUT2D eigenvalue weighted by atomic mass is 10.3. The second kappa shape index (κ2) is 7.28. The molecule has 0 amide bonds. The minimum atomic E-state index is -4.19. The third kappa shape index (κ3) is 6.37. The van der Waals surface area contributed by atoms with E-state index in [1.165, 1.54) is 11.1 Å². The lowest BCUT2D eigenvalue weighted by Crippen LogP contribution is -2.33. The van der Waals surface area contributed by atoms with Crippen LogP contribution in [0.2, 0.25) is 0 Å². The number of anilines is 1. The van der Waals surface area contributed by atoms with Crippen LogP contribution in [0, 0.1) is 0 Å². The van der Waals surface area contributed by atoms with Crippen LogP contribution in [0.3, 0.4) is 0 Å². The largest absolute Gasteiger partial charge is 0.401 e. The number of hydrogen-bond acceptors (Lipinski definition) is 4. The third-order valence-electron chi connectivity index (χ3n) is 2.50. The maximum atomic E-state index is 12.3. The number of aromatic nitrogens is 2. The SMILES string of the molecule is CCCNc1cnc(CN(CC)CC(F)(F)F)cn1. The predicted molar refractivity (Wildman–Crippen MR) is 67.8 cm³/mol. The smallest absolute Gasteiger partial charge is 0.369 e. The van der Waals surface area contributed by atoms with Gasteiger partial charge in [-0.25, -0.2) is 4.98 Å². The first kappa shape index (κ1) is 15.7. The standard InChI is InChI=1S/C12H19F3N4/c1-3-5-16-11-7-17-10(6-18-11)8-19(4-2)9-12(13,14)15/h6-7H,3-5,8-9H2,1-2H3,(H,16,18). The number of nitrogens with one attached hydrogen (secondary N) is 1. The Hall–Kier alpha value is -1.37. The molecule has 1 N–H and O–H groups in total. The first-order valence-electron chi connectivity index (χ1n) is 6.28. The van der Waals surface area contributed by atoms with E-state index in [0.717, 1.165) is 13.0 Å². The highest BCUT2D eigenvalue weighted by molar-refractivity contribution is 5.30. The molecule has 0 spiro atoms. The number of halogens is 3. The van der Waals surface area contributed by atoms with Gasteiger partial charge in [-0.05, 0) is 13.0 Å². The first-order valence-corrected chi connectivity index (χ1v) is 6.28. The average molecular weight is 276 g/mol. The molecule has 1 rings (SSSR count). The maximum absolute atomic E-state index is 12.3. The Morgan fingerprint density at radius 2 is 1.95 bits per heavy atom. The molecule has 0 aliphatic rings. The highest BCUT2D eigenvalue weighted by atomic mass is 19.4. The Morgan fingerprint density at radius 3 is 2.42 bits per heavy atom. The summed E-state index contributed by atoms with van der Waals surface area (Å²) in [4.78, 5) is 9.51. The Labute approximate surface area is 111 Å². The van der Waals surface area contributed by atoms with Gasteiger partial charge in [0.1, 0.15) is 5.82 Å². The van der Waals surface area contributed by atoms with Gasteiger partial charge in [-0.15, -0.1) is 0 Å². The zero-order valence-electron chi connectivity index (χ0n) is 11.2. The average Bonchev–Trinajstić information content (AvgIpc) is 2.35. The van der Waals surface area contributed by atoms with Crippen molar-refractivity contribution in [1.29, 1.82) is 0 Å². The van der Waals surface area contributed by atoms with Gasteiger partial charge in [-0.2, -0.15) is 13.2 Å². The van der Waals surface area contributed by atoms with Gasteiger partial charge in [-0.3, -0.25) is 9.88 Å². The van der Waals surface area contributed by atoms with Gasteiger partial charge in [0, 0.05) is 13.1 Å². The summed E-state index contributed by atoms with van der Waals surface area (Å²) in [6.07, 6.45) is -0.159. The molecule has 1 heterocycles. The van der Waals surface area contributed by atoms with Gasteiger partial charge in [-0.1, -0.05) is 13.8 Å². The Bertz CT molecular complexity index is 364. The molecule has 108 valence electrons. The minimum absolute atomic E-state index is 0.150. The van der Waals surface area contributed by atoms with Gasteiger partial charge in [0.05, 0.1) is 24.6 Å². The fraction of sp³-hybridized carbons (Fsp3) is 0.667. The minimum Gasteiger partial charge on any atom is -0.369 e. The van der Waals surface area contributed by atoms with Crippen LogP contribution in [-0.4, -0.2) is 40.7 Å². The van der Waals surface area contributed by atoms with Crippen molar-refractivity contribution in [3.8, 4) is 0 Å². The lowest BCUT2D eigenvalue weighted by Gasteiger charge is -2.21. The Kier molecular flexibility index (Phi) is 6.01. The molecule has 0 bridgehead atoms. The topological polar surface area (TPSA) is 41.1 Å². The van der Waals surface area contributed by atoms with Crippen molar-refractivity contribution < 1.29 is 13.2 Å². The zero-order chi connectivity index (χ0) is 14.3. The molecule has 1 aromatic rings. The molecule has 19 heavy (non-hydrogen) atoms. The van der Waals surface area contributed by atoms with Gasteiger partial charge in [0.2, 0.25) is 0 Å². The van der Waals surface area contributed by atoms with E-state index in [4.69, 9.17) is 0 Å². The van der Waals surface area contributed by atoms with Gasteiger partial charge in [0.15, 0.2) is 0 Å². The molecule has 0 unspecified atom stereocenters. The van der Waals surface area contributed by atoms with Crippen molar-refractivity contribution in [2.75, 3.05) is 25.0 Å². The Balaban J connectivity index is 2.55. The highest BCUT2D eigenvalue weighted by Crippen LogP contribution is 2.17. The van der Waals surface area contributed by atoms with Crippen LogP contribution in [0.15, 0.2) is 12.4 Å². The molecule has 0 aliphatic carbocycles. The second-order valence-corrected chi connectivity index (χ2v) is 4.24. The van der Waals surface area contributed by atoms with Crippen LogP contribution < -0.4 is 5.32 Å². The van der Waals surface area contributed by atoms with E-state index >= 15 is 0 Å². The fourth-order valence-electron chi connectivity index (χ4n) is 1.54. The summed E-state index contributed by atoms with van der Waals surface area (Å²) in [5.74, 6) is 0.643. The summed E-state index contributed by atoms with van der Waals surface area (Å²) < 4.78 is 36.9. The van der Waals surface area contributed by atoms with Gasteiger partial charge in [0.25, 0.3) is 0 Å². The van der Waals surface area contributed by atoms with Crippen molar-refractivity contribution in [3.63, 3.8) is 0 Å². The summed E-state index contributed by atoms with van der Waals surface area (Å²) in [6, 6.07) is 0. The molecule has 0 radical (unpaired) electrons. The molecule has 0 atom stereocenters. The molecule has 0 saturated heterocycles. The third-order valence-corrected chi connectivity index (χ3v) is 2.50. The van der Waals surface area contributed by atoms with Crippen LogP contribution >= 0.6 is 0 Å². The summed E-state index contributed by atoms with van der Waals surface area (Å²) in [5.41, 5.74) is 0.535. The van der Waals surface area contributed by atoms with Crippen molar-refractivity contribution in [2.45, 2.75) is 33.0 Å². The first-order chi connectivity index (χ1) is 8.94.